The Labute approximate surface area is 176 Å². The summed E-state index contributed by atoms with van der Waals surface area (Å²) in [7, 11) is 0. The summed E-state index contributed by atoms with van der Waals surface area (Å²) in [6.07, 6.45) is 6.51. The van der Waals surface area contributed by atoms with E-state index in [2.05, 4.69) is 15.0 Å². The molecular formula is C20H17Cl2N5O2. The number of benzene rings is 1. The molecule has 4 aromatic rings. The number of ether oxygens (including phenoxy) is 2. The van der Waals surface area contributed by atoms with Crippen LogP contribution in [0.3, 0.4) is 0 Å². The van der Waals surface area contributed by atoms with Crippen molar-refractivity contribution in [3.8, 4) is 5.75 Å². The molecule has 29 heavy (non-hydrogen) atoms. The topological polar surface area (TPSA) is 88.1 Å². The number of hydrogen-bond acceptors (Lipinski definition) is 6. The molecular weight excluding hydrogens is 413 g/mol. The van der Waals surface area contributed by atoms with Crippen LogP contribution in [0.2, 0.25) is 10.0 Å². The molecule has 4 heterocycles. The zero-order chi connectivity index (χ0) is 20.0. The maximum absolute atomic E-state index is 6.47. The van der Waals surface area contributed by atoms with Gasteiger partial charge in [-0.1, -0.05) is 23.2 Å². The molecule has 7 nitrogen and oxygen atoms in total. The van der Waals surface area contributed by atoms with Gasteiger partial charge in [-0.3, -0.25) is 4.98 Å². The lowest BCUT2D eigenvalue weighted by Gasteiger charge is -2.17. The Morgan fingerprint density at radius 2 is 2.07 bits per heavy atom. The Balaban J connectivity index is 1.29. The first kappa shape index (κ1) is 18.4. The van der Waals surface area contributed by atoms with Gasteiger partial charge in [0, 0.05) is 17.8 Å². The Bertz CT molecular complexity index is 1210. The Hall–Kier alpha value is -2.61. The highest BCUT2D eigenvalue weighted by molar-refractivity contribution is 6.37. The first-order valence-corrected chi connectivity index (χ1v) is 9.95. The van der Waals surface area contributed by atoms with Crippen LogP contribution in [-0.2, 0) is 4.74 Å². The van der Waals surface area contributed by atoms with E-state index in [1.807, 2.05) is 35.0 Å². The molecule has 3 aromatic heterocycles. The van der Waals surface area contributed by atoms with Gasteiger partial charge in [0.05, 0.1) is 22.0 Å². The van der Waals surface area contributed by atoms with Gasteiger partial charge in [-0.05, 0) is 37.1 Å². The normalized spacial score (nSPS) is 19.2. The van der Waals surface area contributed by atoms with Crippen LogP contribution in [0.4, 0.5) is 5.82 Å². The zero-order valence-electron chi connectivity index (χ0n) is 15.3. The van der Waals surface area contributed by atoms with Crippen LogP contribution in [-0.4, -0.2) is 32.2 Å². The highest BCUT2D eigenvalue weighted by Crippen LogP contribution is 2.35. The van der Waals surface area contributed by atoms with Gasteiger partial charge in [0.25, 0.3) is 0 Å². The molecule has 0 bridgehead atoms. The molecule has 2 atom stereocenters. The third kappa shape index (κ3) is 3.35. The lowest BCUT2D eigenvalue weighted by atomic mass is 10.2. The average Bonchev–Trinajstić information content (AvgIpc) is 3.35. The third-order valence-electron chi connectivity index (χ3n) is 5.08. The lowest BCUT2D eigenvalue weighted by molar-refractivity contribution is -0.0155. The van der Waals surface area contributed by atoms with Crippen molar-refractivity contribution in [3.05, 3.63) is 53.0 Å². The van der Waals surface area contributed by atoms with E-state index in [0.717, 1.165) is 29.3 Å². The fourth-order valence-corrected chi connectivity index (χ4v) is 4.09. The standard InChI is InChI=1S/C20H17Cl2N5O2/c21-12-7-11-1-3-15(17(22)18(11)24-8-12)28-9-13-2-4-16(29-13)27-6-5-14-19(23)25-10-26-20(14)27/h1,3,5-8,10,13,16H,2,4,9H2,(H2,23,25,26). The molecule has 148 valence electrons. The SMILES string of the molecule is Nc1ncnc2c1ccn2C1CCC(COc2ccc3cc(Cl)cnc3c2Cl)O1. The average molecular weight is 430 g/mol. The molecule has 0 radical (unpaired) electrons. The van der Waals surface area contributed by atoms with Crippen molar-refractivity contribution in [1.82, 2.24) is 19.5 Å². The van der Waals surface area contributed by atoms with Crippen molar-refractivity contribution in [2.45, 2.75) is 25.2 Å². The van der Waals surface area contributed by atoms with Gasteiger partial charge in [-0.2, -0.15) is 0 Å². The predicted octanol–water partition coefficient (Wildman–Crippen LogP) is 4.63. The highest BCUT2D eigenvalue weighted by Gasteiger charge is 2.28. The molecule has 2 unspecified atom stereocenters. The van der Waals surface area contributed by atoms with Crippen LogP contribution in [0.15, 0.2) is 43.0 Å². The van der Waals surface area contributed by atoms with Crippen molar-refractivity contribution < 1.29 is 9.47 Å². The fourth-order valence-electron chi connectivity index (χ4n) is 3.65. The first-order valence-electron chi connectivity index (χ1n) is 9.19. The van der Waals surface area contributed by atoms with E-state index in [9.17, 15) is 0 Å². The van der Waals surface area contributed by atoms with Gasteiger partial charge in [0.15, 0.2) is 0 Å². The van der Waals surface area contributed by atoms with Crippen LogP contribution in [0.25, 0.3) is 21.9 Å². The van der Waals surface area contributed by atoms with Crippen molar-refractivity contribution in [2.24, 2.45) is 0 Å². The Morgan fingerprint density at radius 1 is 1.17 bits per heavy atom. The number of fused-ring (bicyclic) bond motifs is 2. The Morgan fingerprint density at radius 3 is 2.97 bits per heavy atom. The predicted molar refractivity (Wildman–Crippen MR) is 112 cm³/mol. The number of pyridine rings is 1. The fraction of sp³-hybridized carbons (Fsp3) is 0.250. The second kappa shape index (κ2) is 7.33. The van der Waals surface area contributed by atoms with Crippen molar-refractivity contribution in [2.75, 3.05) is 12.3 Å². The summed E-state index contributed by atoms with van der Waals surface area (Å²) in [6, 6.07) is 7.45. The molecule has 5 rings (SSSR count). The monoisotopic (exact) mass is 429 g/mol. The van der Waals surface area contributed by atoms with E-state index < -0.39 is 0 Å². The third-order valence-corrected chi connectivity index (χ3v) is 5.65. The first-order chi connectivity index (χ1) is 14.1. The number of nitrogens with zero attached hydrogens (tertiary/aromatic N) is 4. The van der Waals surface area contributed by atoms with Crippen molar-refractivity contribution in [3.63, 3.8) is 0 Å². The Kier molecular flexibility index (Phi) is 4.66. The molecule has 1 aliphatic heterocycles. The molecule has 0 aliphatic carbocycles. The summed E-state index contributed by atoms with van der Waals surface area (Å²) in [5, 5.41) is 2.73. The smallest absolute Gasteiger partial charge is 0.147 e. The molecule has 0 spiro atoms. The maximum Gasteiger partial charge on any atom is 0.147 e. The number of anilines is 1. The highest BCUT2D eigenvalue weighted by atomic mass is 35.5. The number of rotatable bonds is 4. The second-order valence-corrected chi connectivity index (χ2v) is 7.74. The van der Waals surface area contributed by atoms with E-state index in [0.29, 0.717) is 33.7 Å². The number of hydrogen-bond donors (Lipinski definition) is 1. The molecule has 0 amide bonds. The van der Waals surface area contributed by atoms with Crippen LogP contribution in [0.5, 0.6) is 5.75 Å². The largest absolute Gasteiger partial charge is 0.489 e. The van der Waals surface area contributed by atoms with Crippen LogP contribution < -0.4 is 10.5 Å². The molecule has 1 fully saturated rings. The summed E-state index contributed by atoms with van der Waals surface area (Å²) >= 11 is 12.5. The molecule has 1 aliphatic rings. The maximum atomic E-state index is 6.47. The van der Waals surface area contributed by atoms with E-state index in [4.69, 9.17) is 38.4 Å². The van der Waals surface area contributed by atoms with Crippen LogP contribution >= 0.6 is 23.2 Å². The van der Waals surface area contributed by atoms with Gasteiger partial charge in [0.2, 0.25) is 0 Å². The number of halogens is 2. The lowest BCUT2D eigenvalue weighted by Crippen LogP contribution is -2.18. The molecule has 1 aromatic carbocycles. The van der Waals surface area contributed by atoms with Crippen LogP contribution in [0.1, 0.15) is 19.1 Å². The van der Waals surface area contributed by atoms with Crippen molar-refractivity contribution in [1.29, 1.82) is 0 Å². The van der Waals surface area contributed by atoms with Gasteiger partial charge >= 0.3 is 0 Å². The number of nitrogens with two attached hydrogens (primary N) is 1. The summed E-state index contributed by atoms with van der Waals surface area (Å²) < 4.78 is 14.1. The zero-order valence-corrected chi connectivity index (χ0v) is 16.8. The van der Waals surface area contributed by atoms with Crippen molar-refractivity contribution >= 4 is 51.0 Å². The molecule has 0 saturated carbocycles. The molecule has 9 heteroatoms. The summed E-state index contributed by atoms with van der Waals surface area (Å²) in [4.78, 5) is 12.7. The van der Waals surface area contributed by atoms with Crippen LogP contribution in [0, 0.1) is 0 Å². The van der Waals surface area contributed by atoms with E-state index in [-0.39, 0.29) is 12.3 Å². The summed E-state index contributed by atoms with van der Waals surface area (Å²) in [5.74, 6) is 1.04. The minimum absolute atomic E-state index is 0.0541. The quantitative estimate of drug-likeness (QED) is 0.508. The van der Waals surface area contributed by atoms with Gasteiger partial charge in [0.1, 0.15) is 41.4 Å². The minimum atomic E-state index is -0.119. The van der Waals surface area contributed by atoms with E-state index in [1.165, 1.54) is 6.33 Å². The van der Waals surface area contributed by atoms with Gasteiger partial charge < -0.3 is 19.8 Å². The number of nitrogen functional groups attached to an aromatic ring is 1. The molecule has 1 saturated heterocycles. The minimum Gasteiger partial charge on any atom is -0.489 e. The van der Waals surface area contributed by atoms with Gasteiger partial charge in [-0.15, -0.1) is 0 Å². The molecule has 2 N–H and O–H groups in total. The van der Waals surface area contributed by atoms with E-state index >= 15 is 0 Å². The second-order valence-electron chi connectivity index (χ2n) is 6.92. The summed E-state index contributed by atoms with van der Waals surface area (Å²) in [6.45, 7) is 0.394. The summed E-state index contributed by atoms with van der Waals surface area (Å²) in [5.41, 5.74) is 7.35. The number of aromatic nitrogens is 4. The van der Waals surface area contributed by atoms with Gasteiger partial charge in [-0.25, -0.2) is 9.97 Å². The van der Waals surface area contributed by atoms with E-state index in [1.54, 1.807) is 6.20 Å².